The standard InChI is InChI=1S/C24H41N5O2.HI/c1-5-25-24(26-16-19(2)29-14-15-31-18-20(29)3)27-17-22(28-12-8-9-13-28)21-10-6-7-11-23(21)30-4;/h6-7,10-11,19-20,22H,5,8-9,12-18H2,1-4H3,(H2,25,26,27);1H. The number of ether oxygens (including phenoxy) is 2. The summed E-state index contributed by atoms with van der Waals surface area (Å²) in [4.78, 5) is 9.98. The number of aliphatic imine (C=N–C) groups is 1. The van der Waals surface area contributed by atoms with Gasteiger partial charge < -0.3 is 20.1 Å². The van der Waals surface area contributed by atoms with Gasteiger partial charge in [-0.05, 0) is 52.8 Å². The molecule has 3 unspecified atom stereocenters. The molecule has 32 heavy (non-hydrogen) atoms. The normalized spacial score (nSPS) is 22.1. The fourth-order valence-electron chi connectivity index (χ4n) is 4.69. The molecule has 0 radical (unpaired) electrons. The number of likely N-dealkylation sites (tertiary alicyclic amines) is 1. The summed E-state index contributed by atoms with van der Waals surface area (Å²) in [5.74, 6) is 1.84. The summed E-state index contributed by atoms with van der Waals surface area (Å²) in [6.45, 7) is 13.9. The number of hydrogen-bond acceptors (Lipinski definition) is 5. The molecule has 0 aromatic heterocycles. The third kappa shape index (κ3) is 7.46. The smallest absolute Gasteiger partial charge is 0.191 e. The van der Waals surface area contributed by atoms with E-state index in [9.17, 15) is 0 Å². The lowest BCUT2D eigenvalue weighted by atomic mass is 10.0. The molecule has 1 aromatic carbocycles. The molecule has 3 atom stereocenters. The van der Waals surface area contributed by atoms with E-state index in [0.29, 0.717) is 12.1 Å². The van der Waals surface area contributed by atoms with Crippen molar-refractivity contribution in [1.82, 2.24) is 20.4 Å². The number of methoxy groups -OCH3 is 1. The van der Waals surface area contributed by atoms with Crippen LogP contribution in [0.3, 0.4) is 0 Å². The molecule has 182 valence electrons. The zero-order valence-electron chi connectivity index (χ0n) is 20.2. The van der Waals surface area contributed by atoms with E-state index in [-0.39, 0.29) is 30.0 Å². The summed E-state index contributed by atoms with van der Waals surface area (Å²) in [6, 6.07) is 9.48. The quantitative estimate of drug-likeness (QED) is 0.276. The zero-order valence-corrected chi connectivity index (χ0v) is 22.5. The van der Waals surface area contributed by atoms with Gasteiger partial charge in [-0.3, -0.25) is 14.8 Å². The molecule has 2 aliphatic rings. The van der Waals surface area contributed by atoms with Crippen LogP contribution in [0, 0.1) is 0 Å². The van der Waals surface area contributed by atoms with Crippen LogP contribution >= 0.6 is 24.0 Å². The van der Waals surface area contributed by atoms with Gasteiger partial charge in [-0.15, -0.1) is 24.0 Å². The maximum atomic E-state index is 5.68. The second kappa shape index (κ2) is 14.2. The molecule has 0 amide bonds. The molecule has 2 heterocycles. The predicted molar refractivity (Wildman–Crippen MR) is 142 cm³/mol. The van der Waals surface area contributed by atoms with Crippen LogP contribution in [-0.2, 0) is 4.74 Å². The number of nitrogens with zero attached hydrogens (tertiary/aromatic N) is 3. The Morgan fingerprint density at radius 1 is 1.22 bits per heavy atom. The van der Waals surface area contributed by atoms with Gasteiger partial charge in [-0.2, -0.15) is 0 Å². The number of hydrogen-bond donors (Lipinski definition) is 2. The van der Waals surface area contributed by atoms with Crippen LogP contribution in [0.4, 0.5) is 0 Å². The highest BCUT2D eigenvalue weighted by Gasteiger charge is 2.26. The molecular weight excluding hydrogens is 517 g/mol. The van der Waals surface area contributed by atoms with Crippen molar-refractivity contribution in [2.45, 2.75) is 51.7 Å². The highest BCUT2D eigenvalue weighted by Crippen LogP contribution is 2.31. The van der Waals surface area contributed by atoms with Crippen LogP contribution in [0.5, 0.6) is 5.75 Å². The van der Waals surface area contributed by atoms with Crippen molar-refractivity contribution in [3.63, 3.8) is 0 Å². The molecule has 2 N–H and O–H groups in total. The minimum Gasteiger partial charge on any atom is -0.496 e. The molecule has 3 rings (SSSR count). The van der Waals surface area contributed by atoms with E-state index >= 15 is 0 Å². The molecule has 2 saturated heterocycles. The number of rotatable bonds is 9. The molecule has 7 nitrogen and oxygen atoms in total. The number of benzene rings is 1. The summed E-state index contributed by atoms with van der Waals surface area (Å²) in [6.07, 6.45) is 2.52. The molecule has 0 bridgehead atoms. The van der Waals surface area contributed by atoms with E-state index in [2.05, 4.69) is 59.4 Å². The summed E-state index contributed by atoms with van der Waals surface area (Å²) in [7, 11) is 1.76. The number of para-hydroxylation sites is 1. The van der Waals surface area contributed by atoms with Gasteiger partial charge in [-0.1, -0.05) is 18.2 Å². The van der Waals surface area contributed by atoms with E-state index in [0.717, 1.165) is 64.2 Å². The summed E-state index contributed by atoms with van der Waals surface area (Å²) in [5, 5.41) is 7.04. The van der Waals surface area contributed by atoms with Crippen molar-refractivity contribution in [3.8, 4) is 5.75 Å². The zero-order chi connectivity index (χ0) is 22.1. The van der Waals surface area contributed by atoms with Crippen molar-refractivity contribution in [1.29, 1.82) is 0 Å². The predicted octanol–water partition coefficient (Wildman–Crippen LogP) is 3.11. The Morgan fingerprint density at radius 2 is 1.97 bits per heavy atom. The Morgan fingerprint density at radius 3 is 2.66 bits per heavy atom. The van der Waals surface area contributed by atoms with Crippen LogP contribution in [0.1, 0.15) is 45.2 Å². The second-order valence-electron chi connectivity index (χ2n) is 8.61. The minimum atomic E-state index is 0. The van der Waals surface area contributed by atoms with Gasteiger partial charge in [0.15, 0.2) is 5.96 Å². The maximum Gasteiger partial charge on any atom is 0.191 e. The SMILES string of the molecule is CCNC(=NCC(C)N1CCOCC1C)NCC(c1ccccc1OC)N1CCCC1.I. The van der Waals surface area contributed by atoms with Gasteiger partial charge in [0.2, 0.25) is 0 Å². The first kappa shape index (κ1) is 27.1. The van der Waals surface area contributed by atoms with Crippen molar-refractivity contribution in [2.24, 2.45) is 4.99 Å². The van der Waals surface area contributed by atoms with Crippen molar-refractivity contribution < 1.29 is 9.47 Å². The van der Waals surface area contributed by atoms with Crippen molar-refractivity contribution >= 4 is 29.9 Å². The van der Waals surface area contributed by atoms with Crippen LogP contribution < -0.4 is 15.4 Å². The van der Waals surface area contributed by atoms with Gasteiger partial charge in [0.05, 0.1) is 32.9 Å². The highest BCUT2D eigenvalue weighted by atomic mass is 127. The molecule has 1 aromatic rings. The number of morpholine rings is 1. The minimum absolute atomic E-state index is 0. The Kier molecular flexibility index (Phi) is 12.1. The van der Waals surface area contributed by atoms with E-state index in [1.165, 1.54) is 18.4 Å². The molecule has 2 fully saturated rings. The van der Waals surface area contributed by atoms with E-state index in [1.54, 1.807) is 7.11 Å². The third-order valence-electron chi connectivity index (χ3n) is 6.39. The van der Waals surface area contributed by atoms with Crippen LogP contribution in [-0.4, -0.2) is 87.4 Å². The average molecular weight is 560 g/mol. The van der Waals surface area contributed by atoms with Gasteiger partial charge in [0, 0.05) is 37.3 Å². The van der Waals surface area contributed by atoms with Crippen molar-refractivity contribution in [2.75, 3.05) is 59.6 Å². The second-order valence-corrected chi connectivity index (χ2v) is 8.61. The lowest BCUT2D eigenvalue weighted by molar-refractivity contribution is -0.0165. The Labute approximate surface area is 211 Å². The molecule has 2 aliphatic heterocycles. The third-order valence-corrected chi connectivity index (χ3v) is 6.39. The largest absolute Gasteiger partial charge is 0.496 e. The fourth-order valence-corrected chi connectivity index (χ4v) is 4.69. The first-order chi connectivity index (χ1) is 15.1. The lowest BCUT2D eigenvalue weighted by Crippen LogP contribution is -2.50. The Bertz CT molecular complexity index is 699. The van der Waals surface area contributed by atoms with Gasteiger partial charge in [-0.25, -0.2) is 0 Å². The van der Waals surface area contributed by atoms with Crippen LogP contribution in [0.25, 0.3) is 0 Å². The number of halogens is 1. The first-order valence-corrected chi connectivity index (χ1v) is 11.9. The highest BCUT2D eigenvalue weighted by molar-refractivity contribution is 14.0. The monoisotopic (exact) mass is 559 g/mol. The molecule has 8 heteroatoms. The number of nitrogens with one attached hydrogen (secondary N) is 2. The summed E-state index contributed by atoms with van der Waals surface area (Å²) in [5.41, 5.74) is 1.24. The lowest BCUT2D eigenvalue weighted by Gasteiger charge is -2.37. The van der Waals surface area contributed by atoms with Crippen LogP contribution in [0.15, 0.2) is 29.3 Å². The molecule has 0 saturated carbocycles. The van der Waals surface area contributed by atoms with Crippen LogP contribution in [0.2, 0.25) is 0 Å². The van der Waals surface area contributed by atoms with E-state index in [1.807, 2.05) is 6.07 Å². The average Bonchev–Trinajstić information content (AvgIpc) is 3.32. The maximum absolute atomic E-state index is 5.68. The molecular formula is C24H42IN5O2. The van der Waals surface area contributed by atoms with Gasteiger partial charge in [0.1, 0.15) is 5.75 Å². The summed E-state index contributed by atoms with van der Waals surface area (Å²) >= 11 is 0. The topological polar surface area (TPSA) is 61.4 Å². The van der Waals surface area contributed by atoms with Gasteiger partial charge >= 0.3 is 0 Å². The first-order valence-electron chi connectivity index (χ1n) is 11.9. The van der Waals surface area contributed by atoms with Crippen molar-refractivity contribution in [3.05, 3.63) is 29.8 Å². The van der Waals surface area contributed by atoms with E-state index in [4.69, 9.17) is 14.5 Å². The molecule has 0 aliphatic carbocycles. The molecule has 0 spiro atoms. The number of guanidine groups is 1. The Balaban J connectivity index is 0.00000363. The fraction of sp³-hybridized carbons (Fsp3) is 0.708. The van der Waals surface area contributed by atoms with Gasteiger partial charge in [0.25, 0.3) is 0 Å². The summed E-state index contributed by atoms with van der Waals surface area (Å²) < 4.78 is 11.3. The van der Waals surface area contributed by atoms with E-state index < -0.39 is 0 Å². The Hall–Kier alpha value is -1.10.